The first kappa shape index (κ1) is 10.8. The Labute approximate surface area is 101 Å². The molecule has 1 aliphatic rings. The summed E-state index contributed by atoms with van der Waals surface area (Å²) in [5.74, 6) is 1.70. The van der Waals surface area contributed by atoms with Crippen LogP contribution in [0, 0.1) is 5.92 Å². The zero-order valence-electron chi connectivity index (χ0n) is 10.5. The van der Waals surface area contributed by atoms with Crippen LogP contribution in [0.25, 0.3) is 11.0 Å². The molecule has 0 spiro atoms. The molecule has 3 heteroatoms. The van der Waals surface area contributed by atoms with Gasteiger partial charge in [0.15, 0.2) is 0 Å². The van der Waals surface area contributed by atoms with Crippen LogP contribution in [0.4, 0.5) is 0 Å². The highest BCUT2D eigenvalue weighted by Crippen LogP contribution is 2.43. The van der Waals surface area contributed by atoms with Crippen molar-refractivity contribution in [2.75, 3.05) is 0 Å². The average Bonchev–Trinajstić information content (AvgIpc) is 2.89. The third-order valence-corrected chi connectivity index (χ3v) is 3.50. The van der Waals surface area contributed by atoms with Crippen LogP contribution in [-0.2, 0) is 12.0 Å². The molecule has 1 fully saturated rings. The SMILES string of the molecule is CC(C)Cc1nc2ccc(C3(N)CC3)cc2[nH]1. The lowest BCUT2D eigenvalue weighted by Gasteiger charge is -2.07. The number of hydrogen-bond acceptors (Lipinski definition) is 2. The highest BCUT2D eigenvalue weighted by molar-refractivity contribution is 5.76. The van der Waals surface area contributed by atoms with Crippen molar-refractivity contribution in [2.24, 2.45) is 11.7 Å². The smallest absolute Gasteiger partial charge is 0.107 e. The van der Waals surface area contributed by atoms with Gasteiger partial charge < -0.3 is 10.7 Å². The quantitative estimate of drug-likeness (QED) is 0.850. The molecule has 3 N–H and O–H groups in total. The Morgan fingerprint density at radius 3 is 2.82 bits per heavy atom. The zero-order valence-corrected chi connectivity index (χ0v) is 10.5. The highest BCUT2D eigenvalue weighted by Gasteiger charge is 2.40. The molecular formula is C14H19N3. The van der Waals surface area contributed by atoms with E-state index in [0.717, 1.165) is 36.1 Å². The van der Waals surface area contributed by atoms with Gasteiger partial charge in [0, 0.05) is 12.0 Å². The van der Waals surface area contributed by atoms with Gasteiger partial charge in [0.1, 0.15) is 5.82 Å². The van der Waals surface area contributed by atoms with Gasteiger partial charge in [-0.2, -0.15) is 0 Å². The van der Waals surface area contributed by atoms with E-state index in [1.165, 1.54) is 5.56 Å². The maximum atomic E-state index is 6.21. The minimum atomic E-state index is -0.0580. The predicted molar refractivity (Wildman–Crippen MR) is 69.7 cm³/mol. The first-order valence-electron chi connectivity index (χ1n) is 6.35. The van der Waals surface area contributed by atoms with Crippen LogP contribution in [0.2, 0.25) is 0 Å². The number of H-pyrrole nitrogens is 1. The van der Waals surface area contributed by atoms with Crippen molar-refractivity contribution in [2.45, 2.75) is 38.6 Å². The molecule has 0 radical (unpaired) electrons. The summed E-state index contributed by atoms with van der Waals surface area (Å²) >= 11 is 0. The number of aromatic nitrogens is 2. The van der Waals surface area contributed by atoms with Crippen molar-refractivity contribution in [1.82, 2.24) is 9.97 Å². The maximum Gasteiger partial charge on any atom is 0.107 e. The van der Waals surface area contributed by atoms with Crippen molar-refractivity contribution in [3.05, 3.63) is 29.6 Å². The summed E-state index contributed by atoms with van der Waals surface area (Å²) in [6, 6.07) is 6.37. The fraction of sp³-hybridized carbons (Fsp3) is 0.500. The Hall–Kier alpha value is -1.35. The summed E-state index contributed by atoms with van der Waals surface area (Å²) in [5.41, 5.74) is 9.56. The zero-order chi connectivity index (χ0) is 12.0. The third kappa shape index (κ3) is 1.95. The van der Waals surface area contributed by atoms with E-state index in [4.69, 9.17) is 5.73 Å². The molecule has 1 aromatic carbocycles. The van der Waals surface area contributed by atoms with Crippen molar-refractivity contribution in [1.29, 1.82) is 0 Å². The van der Waals surface area contributed by atoms with Crippen molar-refractivity contribution >= 4 is 11.0 Å². The van der Waals surface area contributed by atoms with E-state index >= 15 is 0 Å². The monoisotopic (exact) mass is 229 g/mol. The van der Waals surface area contributed by atoms with E-state index in [9.17, 15) is 0 Å². The van der Waals surface area contributed by atoms with Crippen molar-refractivity contribution < 1.29 is 0 Å². The minimum Gasteiger partial charge on any atom is -0.342 e. The second-order valence-electron chi connectivity index (χ2n) is 5.67. The molecule has 0 bridgehead atoms. The fourth-order valence-electron chi connectivity index (χ4n) is 2.28. The molecule has 1 saturated carbocycles. The first-order valence-corrected chi connectivity index (χ1v) is 6.35. The Balaban J connectivity index is 1.99. The van der Waals surface area contributed by atoms with Gasteiger partial charge in [-0.05, 0) is 36.5 Å². The van der Waals surface area contributed by atoms with E-state index in [1.54, 1.807) is 0 Å². The van der Waals surface area contributed by atoms with Crippen LogP contribution in [0.5, 0.6) is 0 Å². The van der Waals surface area contributed by atoms with E-state index in [0.29, 0.717) is 5.92 Å². The van der Waals surface area contributed by atoms with Gasteiger partial charge >= 0.3 is 0 Å². The summed E-state index contributed by atoms with van der Waals surface area (Å²) < 4.78 is 0. The molecule has 0 saturated heterocycles. The van der Waals surface area contributed by atoms with Crippen LogP contribution in [0.15, 0.2) is 18.2 Å². The lowest BCUT2D eigenvalue weighted by atomic mass is 10.1. The largest absolute Gasteiger partial charge is 0.342 e. The van der Waals surface area contributed by atoms with Crippen LogP contribution in [-0.4, -0.2) is 9.97 Å². The van der Waals surface area contributed by atoms with E-state index in [2.05, 4.69) is 42.0 Å². The number of nitrogens with zero attached hydrogens (tertiary/aromatic N) is 1. The topological polar surface area (TPSA) is 54.7 Å². The molecule has 3 rings (SSSR count). The van der Waals surface area contributed by atoms with E-state index in [1.807, 2.05) is 0 Å². The van der Waals surface area contributed by atoms with Gasteiger partial charge in [-0.15, -0.1) is 0 Å². The normalized spacial score (nSPS) is 17.9. The Bertz CT molecular complexity index is 550. The number of nitrogens with two attached hydrogens (primary N) is 1. The second-order valence-corrected chi connectivity index (χ2v) is 5.67. The van der Waals surface area contributed by atoms with Crippen LogP contribution in [0.1, 0.15) is 38.1 Å². The summed E-state index contributed by atoms with van der Waals surface area (Å²) in [4.78, 5) is 8.00. The molecular weight excluding hydrogens is 210 g/mol. The average molecular weight is 229 g/mol. The summed E-state index contributed by atoms with van der Waals surface area (Å²) in [6.45, 7) is 4.41. The number of rotatable bonds is 3. The molecule has 3 nitrogen and oxygen atoms in total. The van der Waals surface area contributed by atoms with Gasteiger partial charge in [-0.3, -0.25) is 0 Å². The van der Waals surface area contributed by atoms with Gasteiger partial charge in [0.25, 0.3) is 0 Å². The third-order valence-electron chi connectivity index (χ3n) is 3.50. The summed E-state index contributed by atoms with van der Waals surface area (Å²) in [6.07, 6.45) is 3.20. The van der Waals surface area contributed by atoms with E-state index in [-0.39, 0.29) is 5.54 Å². The summed E-state index contributed by atoms with van der Waals surface area (Å²) in [5, 5.41) is 0. The molecule has 90 valence electrons. The maximum absolute atomic E-state index is 6.21. The molecule has 2 aromatic rings. The standard InChI is InChI=1S/C14H19N3/c1-9(2)7-13-16-11-4-3-10(8-12(11)17-13)14(15)5-6-14/h3-4,8-9H,5-7,15H2,1-2H3,(H,16,17). The van der Waals surface area contributed by atoms with Gasteiger partial charge in [-0.1, -0.05) is 19.9 Å². The number of benzene rings is 1. The van der Waals surface area contributed by atoms with Crippen LogP contribution >= 0.6 is 0 Å². The molecule has 0 aliphatic heterocycles. The predicted octanol–water partition coefficient (Wildman–Crippen LogP) is 2.71. The lowest BCUT2D eigenvalue weighted by molar-refractivity contribution is 0.627. The Morgan fingerprint density at radius 2 is 2.18 bits per heavy atom. The number of aromatic amines is 1. The number of imidazole rings is 1. The van der Waals surface area contributed by atoms with Crippen LogP contribution < -0.4 is 5.73 Å². The number of fused-ring (bicyclic) bond motifs is 1. The highest BCUT2D eigenvalue weighted by atomic mass is 14.9. The molecule has 0 amide bonds. The van der Waals surface area contributed by atoms with Crippen molar-refractivity contribution in [3.63, 3.8) is 0 Å². The number of nitrogens with one attached hydrogen (secondary N) is 1. The fourth-order valence-corrected chi connectivity index (χ4v) is 2.28. The second kappa shape index (κ2) is 3.57. The molecule has 0 atom stereocenters. The molecule has 1 heterocycles. The molecule has 0 unspecified atom stereocenters. The van der Waals surface area contributed by atoms with E-state index < -0.39 is 0 Å². The molecule has 17 heavy (non-hydrogen) atoms. The van der Waals surface area contributed by atoms with Gasteiger partial charge in [0.2, 0.25) is 0 Å². The van der Waals surface area contributed by atoms with Gasteiger partial charge in [-0.25, -0.2) is 4.98 Å². The molecule has 1 aromatic heterocycles. The number of hydrogen-bond donors (Lipinski definition) is 2. The Kier molecular flexibility index (Phi) is 2.26. The lowest BCUT2D eigenvalue weighted by Crippen LogP contribution is -2.18. The summed E-state index contributed by atoms with van der Waals surface area (Å²) in [7, 11) is 0. The van der Waals surface area contributed by atoms with Crippen molar-refractivity contribution in [3.8, 4) is 0 Å². The van der Waals surface area contributed by atoms with Crippen LogP contribution in [0.3, 0.4) is 0 Å². The molecule has 1 aliphatic carbocycles. The Morgan fingerprint density at radius 1 is 1.41 bits per heavy atom. The van der Waals surface area contributed by atoms with Gasteiger partial charge in [0.05, 0.1) is 11.0 Å². The first-order chi connectivity index (χ1) is 8.07. The minimum absolute atomic E-state index is 0.0580.